The van der Waals surface area contributed by atoms with Crippen molar-refractivity contribution in [2.24, 2.45) is 0 Å². The van der Waals surface area contributed by atoms with E-state index in [9.17, 15) is 9.59 Å². The summed E-state index contributed by atoms with van der Waals surface area (Å²) in [7, 11) is 3.31. The number of rotatable bonds is 5. The van der Waals surface area contributed by atoms with Gasteiger partial charge in [-0.2, -0.15) is 0 Å². The number of carbonyl (C=O) groups excluding carboxylic acids is 2. The van der Waals surface area contributed by atoms with Crippen molar-refractivity contribution in [1.29, 1.82) is 0 Å². The number of nitrogens with one attached hydrogen (secondary N) is 1. The molecule has 1 atom stereocenters. The Bertz CT molecular complexity index is 769. The standard InChI is InChI=1S/C20H25N3O2/c1-13-6-11-18(15(3)22-13)16-7-9-17(10-8-16)20(25)23(5)14(2)12-19(24)21-4/h6-11,14H,12H2,1-5H3,(H,21,24). The Labute approximate surface area is 149 Å². The quantitative estimate of drug-likeness (QED) is 0.911. The van der Waals surface area contributed by atoms with Gasteiger partial charge in [-0.15, -0.1) is 0 Å². The lowest BCUT2D eigenvalue weighted by atomic mass is 10.0. The Morgan fingerprint density at radius 3 is 2.32 bits per heavy atom. The van der Waals surface area contributed by atoms with Crippen LogP contribution in [0.15, 0.2) is 36.4 Å². The Morgan fingerprint density at radius 1 is 1.12 bits per heavy atom. The topological polar surface area (TPSA) is 62.3 Å². The number of amides is 2. The van der Waals surface area contributed by atoms with E-state index in [0.29, 0.717) is 5.56 Å². The van der Waals surface area contributed by atoms with Crippen LogP contribution in [0, 0.1) is 13.8 Å². The van der Waals surface area contributed by atoms with Crippen LogP contribution in [0.3, 0.4) is 0 Å². The number of hydrogen-bond acceptors (Lipinski definition) is 3. The van der Waals surface area contributed by atoms with Gasteiger partial charge in [0.2, 0.25) is 5.91 Å². The number of aryl methyl sites for hydroxylation is 2. The lowest BCUT2D eigenvalue weighted by molar-refractivity contribution is -0.121. The van der Waals surface area contributed by atoms with Gasteiger partial charge in [-0.25, -0.2) is 0 Å². The summed E-state index contributed by atoms with van der Waals surface area (Å²) in [4.78, 5) is 30.2. The minimum absolute atomic E-state index is 0.0788. The fourth-order valence-electron chi connectivity index (χ4n) is 2.70. The zero-order valence-electron chi connectivity index (χ0n) is 15.5. The van der Waals surface area contributed by atoms with Crippen LogP contribution in [0.5, 0.6) is 0 Å². The molecule has 2 aromatic rings. The molecule has 5 heteroatoms. The molecule has 0 fully saturated rings. The van der Waals surface area contributed by atoms with Crippen LogP contribution in [-0.2, 0) is 4.79 Å². The van der Waals surface area contributed by atoms with Gasteiger partial charge in [0.25, 0.3) is 5.91 Å². The van der Waals surface area contributed by atoms with Crippen molar-refractivity contribution in [2.45, 2.75) is 33.2 Å². The first-order valence-electron chi connectivity index (χ1n) is 8.36. The van der Waals surface area contributed by atoms with Gasteiger partial charge >= 0.3 is 0 Å². The van der Waals surface area contributed by atoms with Crippen molar-refractivity contribution in [3.8, 4) is 11.1 Å². The summed E-state index contributed by atoms with van der Waals surface area (Å²) < 4.78 is 0. The molecule has 1 aromatic heterocycles. The number of aromatic nitrogens is 1. The lowest BCUT2D eigenvalue weighted by Crippen LogP contribution is -2.38. The molecule has 0 radical (unpaired) electrons. The minimum Gasteiger partial charge on any atom is -0.359 e. The summed E-state index contributed by atoms with van der Waals surface area (Å²) in [6.45, 7) is 5.81. The molecule has 132 valence electrons. The highest BCUT2D eigenvalue weighted by molar-refractivity contribution is 5.95. The first kappa shape index (κ1) is 18.6. The predicted molar refractivity (Wildman–Crippen MR) is 99.4 cm³/mol. The van der Waals surface area contributed by atoms with Gasteiger partial charge in [-0.05, 0) is 44.5 Å². The van der Waals surface area contributed by atoms with Crippen LogP contribution in [0.4, 0.5) is 0 Å². The number of hydrogen-bond donors (Lipinski definition) is 1. The molecule has 0 bridgehead atoms. The zero-order chi connectivity index (χ0) is 18.6. The van der Waals surface area contributed by atoms with E-state index >= 15 is 0 Å². The molecule has 2 amide bonds. The van der Waals surface area contributed by atoms with Crippen LogP contribution in [0.1, 0.15) is 35.1 Å². The lowest BCUT2D eigenvalue weighted by Gasteiger charge is -2.24. The molecule has 5 nitrogen and oxygen atoms in total. The Hall–Kier alpha value is -2.69. The number of carbonyl (C=O) groups is 2. The molecule has 25 heavy (non-hydrogen) atoms. The third kappa shape index (κ3) is 4.44. The molecule has 2 rings (SSSR count). The zero-order valence-corrected chi connectivity index (χ0v) is 15.5. The van der Waals surface area contributed by atoms with Crippen molar-refractivity contribution in [3.05, 3.63) is 53.3 Å². The Balaban J connectivity index is 2.16. The molecular formula is C20H25N3O2. The van der Waals surface area contributed by atoms with E-state index in [2.05, 4.69) is 10.3 Å². The number of benzene rings is 1. The molecule has 0 aliphatic heterocycles. The first-order chi connectivity index (χ1) is 11.8. The number of nitrogens with zero attached hydrogens (tertiary/aromatic N) is 2. The monoisotopic (exact) mass is 339 g/mol. The highest BCUT2D eigenvalue weighted by atomic mass is 16.2. The van der Waals surface area contributed by atoms with Gasteiger partial charge < -0.3 is 10.2 Å². The molecule has 1 N–H and O–H groups in total. The van der Waals surface area contributed by atoms with E-state index in [1.54, 1.807) is 19.0 Å². The summed E-state index contributed by atoms with van der Waals surface area (Å²) in [5, 5.41) is 2.58. The van der Waals surface area contributed by atoms with Gasteiger partial charge in [-0.3, -0.25) is 14.6 Å². The van der Waals surface area contributed by atoms with Crippen LogP contribution < -0.4 is 5.32 Å². The maximum absolute atomic E-state index is 12.6. The van der Waals surface area contributed by atoms with Crippen LogP contribution >= 0.6 is 0 Å². The fraction of sp³-hybridized carbons (Fsp3) is 0.350. The molecule has 0 saturated heterocycles. The second kappa shape index (κ2) is 7.92. The fourth-order valence-corrected chi connectivity index (χ4v) is 2.70. The van der Waals surface area contributed by atoms with Crippen LogP contribution in [0.2, 0.25) is 0 Å². The second-order valence-electron chi connectivity index (χ2n) is 6.31. The molecule has 0 spiro atoms. The van der Waals surface area contributed by atoms with Crippen molar-refractivity contribution >= 4 is 11.8 Å². The second-order valence-corrected chi connectivity index (χ2v) is 6.31. The maximum atomic E-state index is 12.6. The smallest absolute Gasteiger partial charge is 0.253 e. The van der Waals surface area contributed by atoms with E-state index < -0.39 is 0 Å². The van der Waals surface area contributed by atoms with Crippen molar-refractivity contribution < 1.29 is 9.59 Å². The van der Waals surface area contributed by atoms with E-state index in [1.165, 1.54) is 0 Å². The molecule has 0 saturated carbocycles. The van der Waals surface area contributed by atoms with E-state index in [1.807, 2.05) is 57.2 Å². The van der Waals surface area contributed by atoms with E-state index in [0.717, 1.165) is 22.5 Å². The SMILES string of the molecule is CNC(=O)CC(C)N(C)C(=O)c1ccc(-c2ccc(C)nc2C)cc1. The van der Waals surface area contributed by atoms with E-state index in [-0.39, 0.29) is 24.3 Å². The average molecular weight is 339 g/mol. The van der Waals surface area contributed by atoms with Gasteiger partial charge in [-0.1, -0.05) is 18.2 Å². The maximum Gasteiger partial charge on any atom is 0.253 e. The highest BCUT2D eigenvalue weighted by Crippen LogP contribution is 2.23. The molecule has 0 aliphatic carbocycles. The summed E-state index contributed by atoms with van der Waals surface area (Å²) >= 11 is 0. The third-order valence-electron chi connectivity index (χ3n) is 4.41. The highest BCUT2D eigenvalue weighted by Gasteiger charge is 2.19. The first-order valence-corrected chi connectivity index (χ1v) is 8.36. The number of pyridine rings is 1. The minimum atomic E-state index is -0.171. The van der Waals surface area contributed by atoms with Crippen molar-refractivity contribution in [1.82, 2.24) is 15.2 Å². The molecule has 1 heterocycles. The molecule has 1 aromatic carbocycles. The van der Waals surface area contributed by atoms with E-state index in [4.69, 9.17) is 0 Å². The third-order valence-corrected chi connectivity index (χ3v) is 4.41. The summed E-state index contributed by atoms with van der Waals surface area (Å²) in [6.07, 6.45) is 0.283. The van der Waals surface area contributed by atoms with Gasteiger partial charge in [0.15, 0.2) is 0 Å². The summed E-state index contributed by atoms with van der Waals surface area (Å²) in [5.41, 5.74) is 4.65. The average Bonchev–Trinajstić information content (AvgIpc) is 2.60. The summed E-state index contributed by atoms with van der Waals surface area (Å²) in [6, 6.07) is 11.4. The van der Waals surface area contributed by atoms with Crippen molar-refractivity contribution in [3.63, 3.8) is 0 Å². The Morgan fingerprint density at radius 2 is 1.76 bits per heavy atom. The largest absolute Gasteiger partial charge is 0.359 e. The van der Waals surface area contributed by atoms with Gasteiger partial charge in [0.05, 0.1) is 0 Å². The van der Waals surface area contributed by atoms with Gasteiger partial charge in [0.1, 0.15) is 0 Å². The van der Waals surface area contributed by atoms with Gasteiger partial charge in [0, 0.05) is 49.1 Å². The summed E-state index contributed by atoms with van der Waals surface area (Å²) in [5.74, 6) is -0.174. The molecule has 0 aliphatic rings. The van der Waals surface area contributed by atoms with Crippen molar-refractivity contribution in [2.75, 3.05) is 14.1 Å². The molecular weight excluding hydrogens is 314 g/mol. The molecule has 1 unspecified atom stereocenters. The normalized spacial score (nSPS) is 11.7. The Kier molecular flexibility index (Phi) is 5.91. The van der Waals surface area contributed by atoms with Crippen LogP contribution in [0.25, 0.3) is 11.1 Å². The van der Waals surface area contributed by atoms with Crippen LogP contribution in [-0.4, -0.2) is 41.8 Å². The predicted octanol–water partition coefficient (Wildman–Crippen LogP) is 2.96.